The summed E-state index contributed by atoms with van der Waals surface area (Å²) in [4.78, 5) is 5.12. The van der Waals surface area contributed by atoms with Crippen LogP contribution in [0.25, 0.3) is 0 Å². The van der Waals surface area contributed by atoms with Crippen molar-refractivity contribution in [3.05, 3.63) is 0 Å². The van der Waals surface area contributed by atoms with Gasteiger partial charge in [-0.2, -0.15) is 0 Å². The maximum absolute atomic E-state index is 12.8. The Hall–Kier alpha value is -0.720. The normalized spacial score (nSPS) is 25.4. The smallest absolute Gasteiger partial charge is 0.157 e. The van der Waals surface area contributed by atoms with Gasteiger partial charge in [0, 0.05) is 25.6 Å². The fourth-order valence-electron chi connectivity index (χ4n) is 1.76. The quantitative estimate of drug-likeness (QED) is 0.696. The van der Waals surface area contributed by atoms with Gasteiger partial charge in [0.2, 0.25) is 0 Å². The number of hydrogen-bond donors (Lipinski definition) is 1. The molecule has 0 radical (unpaired) electrons. The Morgan fingerprint density at radius 2 is 2.28 bits per heavy atom. The van der Waals surface area contributed by atoms with Crippen molar-refractivity contribution in [2.24, 2.45) is 11.1 Å². The molecule has 1 N–H and O–H groups in total. The second kappa shape index (κ2) is 7.66. The molecule has 104 valence electrons. The summed E-state index contributed by atoms with van der Waals surface area (Å²) in [5.41, 5.74) is 0.976. The largest absolute Gasteiger partial charge is 0.395 e. The van der Waals surface area contributed by atoms with Crippen molar-refractivity contribution >= 4 is 5.71 Å². The summed E-state index contributed by atoms with van der Waals surface area (Å²) < 4.78 is 23.7. The first kappa shape index (κ1) is 13.7. The number of rotatable bonds is 7. The first-order valence-electron chi connectivity index (χ1n) is 6.56. The average molecular weight is 260 g/mol. The van der Waals surface area contributed by atoms with Gasteiger partial charge in [-0.15, -0.1) is 0 Å². The Bertz CT molecular complexity index is 264. The van der Waals surface area contributed by atoms with E-state index < -0.39 is 6.67 Å². The van der Waals surface area contributed by atoms with Gasteiger partial charge in [-0.3, -0.25) is 4.39 Å². The van der Waals surface area contributed by atoms with Gasteiger partial charge in [0.25, 0.3) is 0 Å². The van der Waals surface area contributed by atoms with Crippen LogP contribution in [0.3, 0.4) is 0 Å². The predicted molar refractivity (Wildman–Crippen MR) is 65.3 cm³/mol. The highest BCUT2D eigenvalue weighted by atomic mass is 19.1. The molecule has 0 aromatic heterocycles. The van der Waals surface area contributed by atoms with Gasteiger partial charge >= 0.3 is 0 Å². The summed E-state index contributed by atoms with van der Waals surface area (Å²) in [5.74, 6) is -0.270. The summed E-state index contributed by atoms with van der Waals surface area (Å²) in [5, 5.41) is 6.97. The third-order valence-electron chi connectivity index (χ3n) is 3.04. The highest BCUT2D eigenvalue weighted by molar-refractivity contribution is 5.92. The van der Waals surface area contributed by atoms with E-state index in [1.165, 1.54) is 0 Å². The van der Waals surface area contributed by atoms with E-state index >= 15 is 0 Å². The lowest BCUT2D eigenvalue weighted by atomic mass is 10.2. The first-order valence-corrected chi connectivity index (χ1v) is 6.56. The molecule has 2 heterocycles. The van der Waals surface area contributed by atoms with Crippen molar-refractivity contribution in [2.45, 2.75) is 25.6 Å². The average Bonchev–Trinajstić information content (AvgIpc) is 2.37. The van der Waals surface area contributed by atoms with Crippen LogP contribution in [0.5, 0.6) is 0 Å². The summed E-state index contributed by atoms with van der Waals surface area (Å²) in [6.07, 6.45) is 2.92. The molecule has 0 aromatic carbocycles. The summed E-state index contributed by atoms with van der Waals surface area (Å²) in [7, 11) is 0. The van der Waals surface area contributed by atoms with E-state index in [1.54, 1.807) is 0 Å². The molecule has 2 aliphatic heterocycles. The van der Waals surface area contributed by atoms with Crippen LogP contribution in [0, 0.1) is 5.92 Å². The minimum absolute atomic E-state index is 0.171. The predicted octanol–water partition coefficient (Wildman–Crippen LogP) is 1.09. The number of nitrogens with zero attached hydrogens (tertiary/aromatic N) is 1. The third kappa shape index (κ3) is 4.51. The Morgan fingerprint density at radius 1 is 1.39 bits per heavy atom. The van der Waals surface area contributed by atoms with Crippen LogP contribution in [0.2, 0.25) is 0 Å². The molecule has 2 fully saturated rings. The number of oxime groups is 1. The highest BCUT2D eigenvalue weighted by Gasteiger charge is 2.18. The Labute approximate surface area is 107 Å². The lowest BCUT2D eigenvalue weighted by molar-refractivity contribution is -0.172. The topological polar surface area (TPSA) is 52.1 Å². The van der Waals surface area contributed by atoms with Gasteiger partial charge in [-0.1, -0.05) is 5.16 Å². The molecule has 6 heteroatoms. The molecule has 0 saturated carbocycles. The molecular weight excluding hydrogens is 239 g/mol. The number of ether oxygens (including phenoxy) is 2. The molecule has 0 aromatic rings. The maximum Gasteiger partial charge on any atom is 0.157 e. The van der Waals surface area contributed by atoms with E-state index in [0.717, 1.165) is 44.7 Å². The number of alkyl halides is 1. The standard InChI is InChI=1S/C12H21FN2O3/c13-5-10(9-18-15-11-6-14-7-11)8-17-12-3-1-2-4-16-12/h10,12,14H,1-9H2. The summed E-state index contributed by atoms with van der Waals surface area (Å²) in [6, 6.07) is 0. The minimum Gasteiger partial charge on any atom is -0.395 e. The first-order chi connectivity index (χ1) is 8.88. The molecular formula is C12H21FN2O3. The number of halogens is 1. The SMILES string of the molecule is FCC(CON=C1CNC1)COC1CCCCO1. The molecule has 5 nitrogen and oxygen atoms in total. The summed E-state index contributed by atoms with van der Waals surface area (Å²) in [6.45, 7) is 2.40. The van der Waals surface area contributed by atoms with Crippen LogP contribution >= 0.6 is 0 Å². The molecule has 2 aliphatic rings. The van der Waals surface area contributed by atoms with E-state index in [0.29, 0.717) is 6.61 Å². The van der Waals surface area contributed by atoms with Crippen molar-refractivity contribution in [2.75, 3.05) is 39.6 Å². The van der Waals surface area contributed by atoms with Crippen LogP contribution in [-0.4, -0.2) is 51.6 Å². The van der Waals surface area contributed by atoms with Gasteiger partial charge in [0.15, 0.2) is 6.29 Å². The van der Waals surface area contributed by atoms with Crippen molar-refractivity contribution in [1.29, 1.82) is 0 Å². The van der Waals surface area contributed by atoms with Crippen molar-refractivity contribution in [1.82, 2.24) is 5.32 Å². The molecule has 0 amide bonds. The maximum atomic E-state index is 12.8. The summed E-state index contributed by atoms with van der Waals surface area (Å²) >= 11 is 0. The molecule has 0 aliphatic carbocycles. The lowest BCUT2D eigenvalue weighted by Gasteiger charge is -2.24. The zero-order valence-corrected chi connectivity index (χ0v) is 10.6. The highest BCUT2D eigenvalue weighted by Crippen LogP contribution is 2.15. The molecule has 0 bridgehead atoms. The van der Waals surface area contributed by atoms with Gasteiger partial charge in [0.1, 0.15) is 6.61 Å². The second-order valence-corrected chi connectivity index (χ2v) is 4.71. The zero-order valence-electron chi connectivity index (χ0n) is 10.6. The van der Waals surface area contributed by atoms with Gasteiger partial charge in [-0.05, 0) is 19.3 Å². The Morgan fingerprint density at radius 3 is 2.89 bits per heavy atom. The van der Waals surface area contributed by atoms with E-state index in [4.69, 9.17) is 14.3 Å². The van der Waals surface area contributed by atoms with Crippen LogP contribution in [0.1, 0.15) is 19.3 Å². The van der Waals surface area contributed by atoms with Crippen LogP contribution in [0.15, 0.2) is 5.16 Å². The monoisotopic (exact) mass is 260 g/mol. The number of nitrogens with one attached hydrogen (secondary N) is 1. The van der Waals surface area contributed by atoms with E-state index in [2.05, 4.69) is 10.5 Å². The third-order valence-corrected chi connectivity index (χ3v) is 3.04. The Kier molecular flexibility index (Phi) is 5.83. The van der Waals surface area contributed by atoms with E-state index in [9.17, 15) is 4.39 Å². The van der Waals surface area contributed by atoms with Crippen LogP contribution in [-0.2, 0) is 14.3 Å². The van der Waals surface area contributed by atoms with E-state index in [1.807, 2.05) is 0 Å². The van der Waals surface area contributed by atoms with Crippen LogP contribution in [0.4, 0.5) is 4.39 Å². The molecule has 2 atom stereocenters. The second-order valence-electron chi connectivity index (χ2n) is 4.71. The fourth-order valence-corrected chi connectivity index (χ4v) is 1.76. The van der Waals surface area contributed by atoms with Gasteiger partial charge in [0.05, 0.1) is 19.0 Å². The molecule has 2 rings (SSSR count). The van der Waals surface area contributed by atoms with Gasteiger partial charge < -0.3 is 19.6 Å². The van der Waals surface area contributed by atoms with Crippen LogP contribution < -0.4 is 5.32 Å². The number of hydrogen-bond acceptors (Lipinski definition) is 5. The zero-order chi connectivity index (χ0) is 12.6. The fraction of sp³-hybridized carbons (Fsp3) is 0.917. The van der Waals surface area contributed by atoms with Crippen molar-refractivity contribution in [3.8, 4) is 0 Å². The van der Waals surface area contributed by atoms with Gasteiger partial charge in [-0.25, -0.2) is 0 Å². The lowest BCUT2D eigenvalue weighted by Crippen LogP contribution is -2.42. The van der Waals surface area contributed by atoms with E-state index in [-0.39, 0.29) is 18.8 Å². The Balaban J connectivity index is 1.58. The molecule has 18 heavy (non-hydrogen) atoms. The van der Waals surface area contributed by atoms with Crippen molar-refractivity contribution < 1.29 is 18.7 Å². The molecule has 2 unspecified atom stereocenters. The minimum atomic E-state index is -0.462. The van der Waals surface area contributed by atoms with Crippen molar-refractivity contribution in [3.63, 3.8) is 0 Å². The molecule has 0 spiro atoms. The molecule has 2 saturated heterocycles.